The summed E-state index contributed by atoms with van der Waals surface area (Å²) < 4.78 is 5.41. The van der Waals surface area contributed by atoms with E-state index in [0.717, 1.165) is 19.1 Å². The molecule has 110 valence electrons. The van der Waals surface area contributed by atoms with Gasteiger partial charge >= 0.3 is 6.09 Å². The van der Waals surface area contributed by atoms with Crippen molar-refractivity contribution in [3.8, 4) is 0 Å². The molecule has 0 atom stereocenters. The predicted octanol–water partition coefficient (Wildman–Crippen LogP) is 3.17. The van der Waals surface area contributed by atoms with Gasteiger partial charge in [0.05, 0.1) is 6.54 Å². The van der Waals surface area contributed by atoms with Crippen molar-refractivity contribution in [1.29, 1.82) is 0 Å². The van der Waals surface area contributed by atoms with Crippen molar-refractivity contribution in [3.05, 3.63) is 21.4 Å². The van der Waals surface area contributed by atoms with E-state index in [-0.39, 0.29) is 6.09 Å². The Labute approximate surface area is 123 Å². The molecule has 2 rings (SSSR count). The van der Waals surface area contributed by atoms with E-state index in [1.165, 1.54) is 15.3 Å². The smallest absolute Gasteiger partial charge is 0.410 e. The number of carbonyl (C=O) groups is 2. The minimum Gasteiger partial charge on any atom is -0.444 e. The SMILES string of the molecule is CC(C)(C)OC(=O)N1CCc2sc(CCC=O)cc2C1. The zero-order valence-electron chi connectivity index (χ0n) is 12.3. The lowest BCUT2D eigenvalue weighted by Crippen LogP contribution is -2.39. The molecule has 0 fully saturated rings. The molecule has 20 heavy (non-hydrogen) atoms. The first-order chi connectivity index (χ1) is 9.39. The molecule has 0 radical (unpaired) electrons. The molecule has 4 nitrogen and oxygen atoms in total. The van der Waals surface area contributed by atoms with Crippen LogP contribution in [0.5, 0.6) is 0 Å². The van der Waals surface area contributed by atoms with E-state index >= 15 is 0 Å². The van der Waals surface area contributed by atoms with E-state index in [0.29, 0.717) is 19.5 Å². The lowest BCUT2D eigenvalue weighted by atomic mass is 10.1. The molecule has 0 aliphatic carbocycles. The monoisotopic (exact) mass is 295 g/mol. The lowest BCUT2D eigenvalue weighted by molar-refractivity contribution is -0.107. The van der Waals surface area contributed by atoms with Crippen molar-refractivity contribution >= 4 is 23.7 Å². The first-order valence-electron chi connectivity index (χ1n) is 6.91. The van der Waals surface area contributed by atoms with Gasteiger partial charge in [0.2, 0.25) is 0 Å². The average Bonchev–Trinajstić information content (AvgIpc) is 2.75. The highest BCUT2D eigenvalue weighted by Crippen LogP contribution is 2.29. The van der Waals surface area contributed by atoms with Crippen molar-refractivity contribution in [2.75, 3.05) is 6.54 Å². The summed E-state index contributed by atoms with van der Waals surface area (Å²) in [6.45, 7) is 6.95. The molecule has 0 spiro atoms. The summed E-state index contributed by atoms with van der Waals surface area (Å²) in [7, 11) is 0. The molecule has 1 aromatic rings. The van der Waals surface area contributed by atoms with Gasteiger partial charge in [0.25, 0.3) is 0 Å². The van der Waals surface area contributed by atoms with Gasteiger partial charge in [-0.3, -0.25) is 0 Å². The van der Waals surface area contributed by atoms with Gasteiger partial charge in [0, 0.05) is 22.7 Å². The Morgan fingerprint density at radius 1 is 1.50 bits per heavy atom. The number of rotatable bonds is 3. The van der Waals surface area contributed by atoms with Crippen LogP contribution in [0.1, 0.15) is 42.5 Å². The number of ether oxygens (including phenoxy) is 1. The van der Waals surface area contributed by atoms with Crippen LogP contribution < -0.4 is 0 Å². The van der Waals surface area contributed by atoms with Crippen LogP contribution in [0.4, 0.5) is 4.79 Å². The number of hydrogen-bond acceptors (Lipinski definition) is 4. The molecule has 0 saturated heterocycles. The minimum atomic E-state index is -0.457. The number of fused-ring (bicyclic) bond motifs is 1. The normalized spacial score (nSPS) is 14.8. The average molecular weight is 295 g/mol. The lowest BCUT2D eigenvalue weighted by Gasteiger charge is -2.29. The molecular formula is C15H21NO3S. The Morgan fingerprint density at radius 3 is 2.90 bits per heavy atom. The summed E-state index contributed by atoms with van der Waals surface area (Å²) >= 11 is 1.76. The number of nitrogens with zero attached hydrogens (tertiary/aromatic N) is 1. The Kier molecular flexibility index (Phi) is 4.48. The Bertz CT molecular complexity index is 502. The van der Waals surface area contributed by atoms with E-state index in [9.17, 15) is 9.59 Å². The third-order valence-corrected chi connectivity index (χ3v) is 4.37. The fourth-order valence-electron chi connectivity index (χ4n) is 2.20. The number of aldehydes is 1. The number of thiophene rings is 1. The third kappa shape index (κ3) is 3.82. The van der Waals surface area contributed by atoms with Crippen LogP contribution in [0.15, 0.2) is 6.07 Å². The van der Waals surface area contributed by atoms with Crippen molar-refractivity contribution in [2.24, 2.45) is 0 Å². The van der Waals surface area contributed by atoms with Gasteiger partial charge in [-0.05, 0) is 45.2 Å². The fraction of sp³-hybridized carbons (Fsp3) is 0.600. The summed E-state index contributed by atoms with van der Waals surface area (Å²) in [4.78, 5) is 26.8. The zero-order valence-corrected chi connectivity index (χ0v) is 13.1. The Hall–Kier alpha value is -1.36. The van der Waals surface area contributed by atoms with Crippen LogP contribution in [0.2, 0.25) is 0 Å². The first kappa shape index (κ1) is 15.0. The molecule has 1 aliphatic rings. The Balaban J connectivity index is 2.01. The van der Waals surface area contributed by atoms with Crippen LogP contribution in [-0.2, 0) is 28.9 Å². The molecule has 1 aromatic heterocycles. The highest BCUT2D eigenvalue weighted by Gasteiger charge is 2.26. The standard InChI is InChI=1S/C15H21NO3S/c1-15(2,3)19-14(18)16-7-6-13-11(10-16)9-12(20-13)5-4-8-17/h8-9H,4-7,10H2,1-3H3. The minimum absolute atomic E-state index is 0.246. The predicted molar refractivity (Wildman–Crippen MR) is 79.1 cm³/mol. The second-order valence-corrected chi connectivity index (χ2v) is 7.24. The number of aryl methyl sites for hydroxylation is 1. The van der Waals surface area contributed by atoms with E-state index < -0.39 is 5.60 Å². The second kappa shape index (κ2) is 5.95. The maximum Gasteiger partial charge on any atom is 0.410 e. The Morgan fingerprint density at radius 2 is 2.25 bits per heavy atom. The molecule has 2 heterocycles. The van der Waals surface area contributed by atoms with Gasteiger partial charge < -0.3 is 14.4 Å². The maximum absolute atomic E-state index is 12.1. The highest BCUT2D eigenvalue weighted by atomic mass is 32.1. The van der Waals surface area contributed by atoms with Crippen LogP contribution in [0, 0.1) is 0 Å². The zero-order chi connectivity index (χ0) is 14.8. The van der Waals surface area contributed by atoms with Gasteiger partial charge in [-0.1, -0.05) is 0 Å². The van der Waals surface area contributed by atoms with Gasteiger partial charge in [0.15, 0.2) is 0 Å². The molecule has 0 N–H and O–H groups in total. The quantitative estimate of drug-likeness (QED) is 0.805. The van der Waals surface area contributed by atoms with Crippen LogP contribution >= 0.6 is 11.3 Å². The molecule has 0 bridgehead atoms. The molecule has 5 heteroatoms. The van der Waals surface area contributed by atoms with Crippen molar-refractivity contribution in [2.45, 2.75) is 52.2 Å². The molecule has 1 aliphatic heterocycles. The van der Waals surface area contributed by atoms with E-state index in [2.05, 4.69) is 6.07 Å². The number of hydrogen-bond donors (Lipinski definition) is 0. The van der Waals surface area contributed by atoms with Gasteiger partial charge in [-0.15, -0.1) is 11.3 Å². The maximum atomic E-state index is 12.1. The highest BCUT2D eigenvalue weighted by molar-refractivity contribution is 7.12. The number of carbonyl (C=O) groups excluding carboxylic acids is 2. The summed E-state index contributed by atoms with van der Waals surface area (Å²) in [6, 6.07) is 2.13. The van der Waals surface area contributed by atoms with Gasteiger partial charge in [0.1, 0.15) is 11.9 Å². The van der Waals surface area contributed by atoms with Gasteiger partial charge in [-0.2, -0.15) is 0 Å². The van der Waals surface area contributed by atoms with Crippen molar-refractivity contribution in [3.63, 3.8) is 0 Å². The molecular weight excluding hydrogens is 274 g/mol. The van der Waals surface area contributed by atoms with Crippen LogP contribution in [0.25, 0.3) is 0 Å². The molecule has 0 aromatic carbocycles. The first-order valence-corrected chi connectivity index (χ1v) is 7.73. The largest absolute Gasteiger partial charge is 0.444 e. The molecule has 0 saturated carbocycles. The summed E-state index contributed by atoms with van der Waals surface area (Å²) in [5.41, 5.74) is 0.745. The fourth-order valence-corrected chi connectivity index (χ4v) is 3.39. The van der Waals surface area contributed by atoms with E-state index in [4.69, 9.17) is 4.74 Å². The second-order valence-electron chi connectivity index (χ2n) is 6.02. The van der Waals surface area contributed by atoms with E-state index in [1.54, 1.807) is 16.2 Å². The summed E-state index contributed by atoms with van der Waals surface area (Å²) in [5, 5.41) is 0. The van der Waals surface area contributed by atoms with Crippen LogP contribution in [-0.4, -0.2) is 29.4 Å². The third-order valence-electron chi connectivity index (χ3n) is 3.08. The van der Waals surface area contributed by atoms with E-state index in [1.807, 2.05) is 20.8 Å². The number of amides is 1. The van der Waals surface area contributed by atoms with Gasteiger partial charge in [-0.25, -0.2) is 4.79 Å². The van der Waals surface area contributed by atoms with Crippen LogP contribution in [0.3, 0.4) is 0 Å². The summed E-state index contributed by atoms with van der Waals surface area (Å²) in [6.07, 6.45) is 2.94. The van der Waals surface area contributed by atoms with Crippen molar-refractivity contribution in [1.82, 2.24) is 4.90 Å². The molecule has 0 unspecified atom stereocenters. The van der Waals surface area contributed by atoms with Crippen molar-refractivity contribution < 1.29 is 14.3 Å². The summed E-state index contributed by atoms with van der Waals surface area (Å²) in [5.74, 6) is 0. The molecule has 1 amide bonds. The topological polar surface area (TPSA) is 46.6 Å².